The number of nitro benzene ring substituents is 1. The number of para-hydroxylation sites is 1. The summed E-state index contributed by atoms with van der Waals surface area (Å²) in [6.45, 7) is 1.60. The van der Waals surface area contributed by atoms with Crippen LogP contribution in [0.1, 0.15) is 16.7 Å². The predicted octanol–water partition coefficient (Wildman–Crippen LogP) is 9.26. The number of nitrogens with one attached hydrogen (secondary N) is 1. The molecule has 0 unspecified atom stereocenters. The molecule has 0 spiro atoms. The van der Waals surface area contributed by atoms with Crippen molar-refractivity contribution in [1.82, 2.24) is 0 Å². The summed E-state index contributed by atoms with van der Waals surface area (Å²) >= 11 is 0. The molecule has 0 aromatic heterocycles. The maximum absolute atomic E-state index is 12.5. The maximum Gasteiger partial charge on any atom is 0.296 e. The van der Waals surface area contributed by atoms with Crippen molar-refractivity contribution in [2.24, 2.45) is 20.5 Å². The second-order valence-electron chi connectivity index (χ2n) is 12.7. The number of nitro groups is 1. The summed E-state index contributed by atoms with van der Waals surface area (Å²) in [4.78, 5) is 8.06. The average Bonchev–Trinajstić information content (AvgIpc) is 3.18. The minimum Gasteiger partial charge on any atom is -0.505 e. The van der Waals surface area contributed by atoms with Crippen molar-refractivity contribution in [1.29, 1.82) is 0 Å². The molecular formula is C38H30N6O13S3. The van der Waals surface area contributed by atoms with E-state index < -0.39 is 67.1 Å². The zero-order chi connectivity index (χ0) is 43.6. The Morgan fingerprint density at radius 1 is 0.667 bits per heavy atom. The molecule has 0 bridgehead atoms. The van der Waals surface area contributed by atoms with E-state index in [2.05, 4.69) is 25.8 Å². The molecule has 0 radical (unpaired) electrons. The Morgan fingerprint density at radius 2 is 1.28 bits per heavy atom. The molecule has 0 aliphatic rings. The molecule has 6 rings (SSSR count). The number of nitrogens with zero attached hydrogens (tertiary/aromatic N) is 5. The van der Waals surface area contributed by atoms with E-state index in [9.17, 15) is 54.1 Å². The van der Waals surface area contributed by atoms with Gasteiger partial charge in [0.25, 0.3) is 36.0 Å². The van der Waals surface area contributed by atoms with Crippen LogP contribution in [0.2, 0.25) is 0 Å². The van der Waals surface area contributed by atoms with Crippen LogP contribution in [0, 0.1) is 17.0 Å². The number of methoxy groups -OCH3 is 1. The van der Waals surface area contributed by atoms with Crippen LogP contribution in [0.5, 0.6) is 11.5 Å². The molecule has 6 aromatic rings. The number of aromatic hydroxyl groups is 1. The first kappa shape index (κ1) is 42.7. The van der Waals surface area contributed by atoms with E-state index in [1.807, 2.05) is 30.3 Å². The number of non-ortho nitro benzene ring substituents is 1. The molecule has 0 heterocycles. The van der Waals surface area contributed by atoms with E-state index in [1.165, 1.54) is 31.4 Å². The van der Waals surface area contributed by atoms with Gasteiger partial charge in [0.05, 0.1) is 23.4 Å². The second-order valence-corrected chi connectivity index (χ2v) is 16.8. The monoisotopic (exact) mass is 874 g/mol. The molecule has 22 heteroatoms. The van der Waals surface area contributed by atoms with E-state index >= 15 is 0 Å². The zero-order valence-corrected chi connectivity index (χ0v) is 33.3. The van der Waals surface area contributed by atoms with Gasteiger partial charge in [-0.05, 0) is 89.7 Å². The molecule has 19 nitrogen and oxygen atoms in total. The van der Waals surface area contributed by atoms with Crippen molar-refractivity contribution in [3.05, 3.63) is 130 Å². The van der Waals surface area contributed by atoms with Gasteiger partial charge in [0.15, 0.2) is 5.75 Å². The SMILES string of the molecule is COc1cc(N=Nc2ccc(C=Cc3ccc([N+](=O)[O-])cc3S(=O)(=O)O)c(S(=O)(=O)O)c2)c(C)cc1N=Nc1c(S(=O)(=O)O)cc2cc(Nc3ccccc3)ccc2c1O. The van der Waals surface area contributed by atoms with Crippen molar-refractivity contribution in [3.8, 4) is 11.5 Å². The summed E-state index contributed by atoms with van der Waals surface area (Å²) in [6.07, 6.45) is 2.16. The smallest absolute Gasteiger partial charge is 0.296 e. The van der Waals surface area contributed by atoms with Crippen molar-refractivity contribution >= 4 is 93.1 Å². The largest absolute Gasteiger partial charge is 0.505 e. The van der Waals surface area contributed by atoms with E-state index in [1.54, 1.807) is 25.1 Å². The van der Waals surface area contributed by atoms with Crippen LogP contribution >= 0.6 is 0 Å². The number of hydrogen-bond acceptors (Lipinski definition) is 15. The quantitative estimate of drug-likeness (QED) is 0.0237. The summed E-state index contributed by atoms with van der Waals surface area (Å²) in [7, 11) is -13.5. The van der Waals surface area contributed by atoms with Gasteiger partial charge in [0.1, 0.15) is 31.8 Å². The highest BCUT2D eigenvalue weighted by Gasteiger charge is 2.23. The average molecular weight is 875 g/mol. The van der Waals surface area contributed by atoms with Crippen LogP contribution in [0.3, 0.4) is 0 Å². The van der Waals surface area contributed by atoms with Crippen LogP contribution in [-0.4, -0.2) is 56.1 Å². The van der Waals surface area contributed by atoms with Gasteiger partial charge >= 0.3 is 0 Å². The van der Waals surface area contributed by atoms with E-state index in [-0.39, 0.29) is 44.7 Å². The Bertz CT molecular complexity index is 3140. The van der Waals surface area contributed by atoms with Crippen molar-refractivity contribution in [2.45, 2.75) is 21.6 Å². The molecule has 0 aliphatic heterocycles. The number of benzene rings is 6. The van der Waals surface area contributed by atoms with Gasteiger partial charge in [-0.15, -0.1) is 10.2 Å². The fourth-order valence-electron chi connectivity index (χ4n) is 5.76. The van der Waals surface area contributed by atoms with Gasteiger partial charge in [-0.2, -0.15) is 35.5 Å². The minimum absolute atomic E-state index is 0.0483. The summed E-state index contributed by atoms with van der Waals surface area (Å²) < 4.78 is 109. The predicted molar refractivity (Wildman–Crippen MR) is 219 cm³/mol. The third kappa shape index (κ3) is 9.66. The highest BCUT2D eigenvalue weighted by molar-refractivity contribution is 7.86. The first-order chi connectivity index (χ1) is 28.2. The number of phenols is 1. The highest BCUT2D eigenvalue weighted by atomic mass is 32.2. The van der Waals surface area contributed by atoms with Crippen LogP contribution in [0.15, 0.2) is 138 Å². The Hall–Kier alpha value is -6.95. The number of azo groups is 2. The zero-order valence-electron chi connectivity index (χ0n) is 30.9. The summed E-state index contributed by atoms with van der Waals surface area (Å²) in [5.74, 6) is -0.519. The molecule has 0 saturated heterocycles. The summed E-state index contributed by atoms with van der Waals surface area (Å²) in [5, 5.41) is 42.2. The number of phenolic OH excluding ortho intramolecular Hbond substituents is 1. The van der Waals surface area contributed by atoms with Gasteiger partial charge in [0, 0.05) is 35.0 Å². The molecule has 0 aliphatic carbocycles. The molecule has 0 fully saturated rings. The second kappa shape index (κ2) is 16.7. The molecule has 0 atom stereocenters. The highest BCUT2D eigenvalue weighted by Crippen LogP contribution is 2.44. The topological polar surface area (TPSA) is 297 Å². The Labute approximate surface area is 341 Å². The van der Waals surface area contributed by atoms with Crippen molar-refractivity contribution in [2.75, 3.05) is 12.4 Å². The fourth-order valence-corrected chi connectivity index (χ4v) is 7.83. The molecule has 0 saturated carbocycles. The number of rotatable bonds is 13. The van der Waals surface area contributed by atoms with Gasteiger partial charge < -0.3 is 15.2 Å². The number of aryl methyl sites for hydroxylation is 1. The van der Waals surface area contributed by atoms with Crippen molar-refractivity contribution in [3.63, 3.8) is 0 Å². The van der Waals surface area contributed by atoms with E-state index in [0.29, 0.717) is 17.3 Å². The lowest BCUT2D eigenvalue weighted by Crippen LogP contribution is -2.02. The van der Waals surface area contributed by atoms with Crippen LogP contribution in [0.25, 0.3) is 22.9 Å². The number of ether oxygens (including phenoxy) is 1. The standard InChI is InChI=1S/C38H30N6O13S3/c1-22-16-32(42-43-37-36(60(54,55)56)18-25-17-27(13-15-30(25)38(37)45)39-26-6-4-3-5-7-26)33(57-2)21-31(22)41-40-28-12-10-23(34(19-28)58(48,49)50)8-9-24-11-14-29(44(46)47)20-35(24)59(51,52)53/h3-21,39,45H,1-2H3,(H,48,49,50)(H,51,52,53)(H,54,55,56). The van der Waals surface area contributed by atoms with Gasteiger partial charge in [-0.3, -0.25) is 23.8 Å². The lowest BCUT2D eigenvalue weighted by molar-refractivity contribution is -0.385. The molecule has 60 heavy (non-hydrogen) atoms. The van der Waals surface area contributed by atoms with Crippen molar-refractivity contribution < 1.29 is 53.7 Å². The Morgan fingerprint density at radius 3 is 1.90 bits per heavy atom. The first-order valence-electron chi connectivity index (χ1n) is 16.9. The lowest BCUT2D eigenvalue weighted by Gasteiger charge is -2.12. The third-order valence-corrected chi connectivity index (χ3v) is 11.3. The number of hydrogen-bond donors (Lipinski definition) is 5. The summed E-state index contributed by atoms with van der Waals surface area (Å²) in [6, 6.07) is 24.0. The van der Waals surface area contributed by atoms with Gasteiger partial charge in [-0.25, -0.2) is 0 Å². The molecule has 6 aromatic carbocycles. The fraction of sp³-hybridized carbons (Fsp3) is 0.0526. The van der Waals surface area contributed by atoms with Gasteiger partial charge in [0.2, 0.25) is 0 Å². The Balaban J connectivity index is 1.30. The van der Waals surface area contributed by atoms with Crippen LogP contribution < -0.4 is 10.1 Å². The van der Waals surface area contributed by atoms with Crippen LogP contribution in [-0.2, 0) is 30.4 Å². The summed E-state index contributed by atoms with van der Waals surface area (Å²) in [5.41, 5.74) is 0.375. The lowest BCUT2D eigenvalue weighted by atomic mass is 10.1. The minimum atomic E-state index is -4.94. The molecule has 0 amide bonds. The normalized spacial score (nSPS) is 12.5. The Kier molecular flexibility index (Phi) is 11.9. The molecular weight excluding hydrogens is 845 g/mol. The van der Waals surface area contributed by atoms with E-state index in [4.69, 9.17) is 4.74 Å². The molecule has 5 N–H and O–H groups in total. The van der Waals surface area contributed by atoms with Crippen LogP contribution in [0.4, 0.5) is 39.8 Å². The third-order valence-electron chi connectivity index (χ3n) is 8.62. The maximum atomic E-state index is 12.5. The first-order valence-corrected chi connectivity index (χ1v) is 21.2. The van der Waals surface area contributed by atoms with Gasteiger partial charge in [-0.1, -0.05) is 36.4 Å². The number of fused-ring (bicyclic) bond motifs is 1. The van der Waals surface area contributed by atoms with E-state index in [0.717, 1.165) is 42.1 Å². The number of anilines is 2. The molecule has 308 valence electrons.